The summed E-state index contributed by atoms with van der Waals surface area (Å²) >= 11 is 1.28. The van der Waals surface area contributed by atoms with E-state index in [1.807, 2.05) is 60.7 Å². The molecule has 0 saturated carbocycles. The van der Waals surface area contributed by atoms with Crippen molar-refractivity contribution < 1.29 is 9.21 Å². The molecule has 2 aromatic carbocycles. The van der Waals surface area contributed by atoms with Crippen molar-refractivity contribution in [3.63, 3.8) is 0 Å². The van der Waals surface area contributed by atoms with Crippen LogP contribution < -0.4 is 0 Å². The lowest BCUT2D eigenvalue weighted by Crippen LogP contribution is -2.04. The summed E-state index contributed by atoms with van der Waals surface area (Å²) in [5.74, 6) is 0.508. The number of hydrogen-bond donors (Lipinski definition) is 0. The maximum atomic E-state index is 11.9. The van der Waals surface area contributed by atoms with E-state index in [-0.39, 0.29) is 11.0 Å². The van der Waals surface area contributed by atoms with Gasteiger partial charge in [-0.2, -0.15) is 0 Å². The van der Waals surface area contributed by atoms with Gasteiger partial charge in [-0.25, -0.2) is 0 Å². The molecule has 0 aliphatic rings. The van der Waals surface area contributed by atoms with Crippen molar-refractivity contribution in [1.82, 2.24) is 10.2 Å². The standard InChI is InChI=1S/C17H14N2O2S/c1-12(20)15(13-8-4-2-5-9-13)22-17-19-18-16(21-17)14-10-6-3-7-11-14/h2-11,15H,1H3. The normalized spacial score (nSPS) is 12.0. The topological polar surface area (TPSA) is 56.0 Å². The van der Waals surface area contributed by atoms with Crippen LogP contribution in [0.5, 0.6) is 0 Å². The van der Waals surface area contributed by atoms with E-state index in [9.17, 15) is 4.79 Å². The molecule has 110 valence electrons. The molecule has 1 atom stereocenters. The van der Waals surface area contributed by atoms with Crippen LogP contribution >= 0.6 is 11.8 Å². The first kappa shape index (κ1) is 14.5. The van der Waals surface area contributed by atoms with E-state index in [4.69, 9.17) is 4.42 Å². The minimum absolute atomic E-state index is 0.0515. The van der Waals surface area contributed by atoms with Crippen LogP contribution in [0.4, 0.5) is 0 Å². The molecule has 0 fully saturated rings. The predicted molar refractivity (Wildman–Crippen MR) is 85.5 cm³/mol. The van der Waals surface area contributed by atoms with Crippen LogP contribution in [0.2, 0.25) is 0 Å². The molecular weight excluding hydrogens is 296 g/mol. The Morgan fingerprint density at radius 1 is 1.00 bits per heavy atom. The lowest BCUT2D eigenvalue weighted by molar-refractivity contribution is -0.116. The highest BCUT2D eigenvalue weighted by Crippen LogP contribution is 2.36. The lowest BCUT2D eigenvalue weighted by atomic mass is 10.1. The third-order valence-corrected chi connectivity index (χ3v) is 4.32. The second-order valence-corrected chi connectivity index (χ2v) is 5.81. The summed E-state index contributed by atoms with van der Waals surface area (Å²) in [6, 6.07) is 19.2. The summed E-state index contributed by atoms with van der Waals surface area (Å²) in [6.07, 6.45) is 0. The van der Waals surface area contributed by atoms with E-state index < -0.39 is 0 Å². The summed E-state index contributed by atoms with van der Waals surface area (Å²) in [4.78, 5) is 11.9. The van der Waals surface area contributed by atoms with Crippen molar-refractivity contribution in [2.45, 2.75) is 17.4 Å². The Morgan fingerprint density at radius 2 is 1.64 bits per heavy atom. The number of nitrogens with zero attached hydrogens (tertiary/aromatic N) is 2. The highest BCUT2D eigenvalue weighted by Gasteiger charge is 2.21. The highest BCUT2D eigenvalue weighted by atomic mass is 32.2. The van der Waals surface area contributed by atoms with Gasteiger partial charge in [-0.15, -0.1) is 10.2 Å². The van der Waals surface area contributed by atoms with Crippen molar-refractivity contribution in [2.24, 2.45) is 0 Å². The minimum Gasteiger partial charge on any atom is -0.411 e. The molecule has 0 saturated heterocycles. The fourth-order valence-corrected chi connectivity index (χ4v) is 2.94. The average molecular weight is 310 g/mol. The van der Waals surface area contributed by atoms with Crippen LogP contribution in [-0.2, 0) is 4.79 Å². The van der Waals surface area contributed by atoms with Crippen molar-refractivity contribution >= 4 is 17.5 Å². The Bertz CT molecular complexity index is 757. The Kier molecular flexibility index (Phi) is 4.34. The molecule has 5 heteroatoms. The molecule has 0 aliphatic carbocycles. The van der Waals surface area contributed by atoms with E-state index in [1.54, 1.807) is 6.92 Å². The summed E-state index contributed by atoms with van der Waals surface area (Å²) in [6.45, 7) is 1.57. The smallest absolute Gasteiger partial charge is 0.277 e. The van der Waals surface area contributed by atoms with Gasteiger partial charge in [0, 0.05) is 5.56 Å². The number of carbonyl (C=O) groups excluding carboxylic acids is 1. The second-order valence-electron chi connectivity index (χ2n) is 4.76. The molecular formula is C17H14N2O2S. The second kappa shape index (κ2) is 6.58. The van der Waals surface area contributed by atoms with Gasteiger partial charge in [-0.05, 0) is 36.4 Å². The van der Waals surface area contributed by atoms with Crippen molar-refractivity contribution in [3.8, 4) is 11.5 Å². The third kappa shape index (κ3) is 3.26. The Hall–Kier alpha value is -2.40. The molecule has 1 aromatic heterocycles. The molecule has 0 N–H and O–H groups in total. The van der Waals surface area contributed by atoms with Gasteiger partial charge >= 0.3 is 0 Å². The zero-order chi connectivity index (χ0) is 15.4. The molecule has 1 unspecified atom stereocenters. The van der Waals surface area contributed by atoms with E-state index in [1.165, 1.54) is 11.8 Å². The first-order chi connectivity index (χ1) is 10.7. The summed E-state index contributed by atoms with van der Waals surface area (Å²) < 4.78 is 5.66. The predicted octanol–water partition coefficient (Wildman–Crippen LogP) is 4.16. The quantitative estimate of drug-likeness (QED) is 0.662. The zero-order valence-electron chi connectivity index (χ0n) is 12.0. The average Bonchev–Trinajstić information content (AvgIpc) is 3.03. The largest absolute Gasteiger partial charge is 0.411 e. The van der Waals surface area contributed by atoms with E-state index in [0.29, 0.717) is 11.1 Å². The van der Waals surface area contributed by atoms with Crippen molar-refractivity contribution in [3.05, 3.63) is 66.2 Å². The molecule has 1 heterocycles. The zero-order valence-corrected chi connectivity index (χ0v) is 12.8. The Morgan fingerprint density at radius 3 is 2.27 bits per heavy atom. The molecule has 0 aliphatic heterocycles. The summed E-state index contributed by atoms with van der Waals surface area (Å²) in [5, 5.41) is 8.13. The lowest BCUT2D eigenvalue weighted by Gasteiger charge is -2.10. The third-order valence-electron chi connectivity index (χ3n) is 3.12. The SMILES string of the molecule is CC(=O)C(Sc1nnc(-c2ccccc2)o1)c1ccccc1. The fraction of sp³-hybridized carbons (Fsp3) is 0.118. The van der Waals surface area contributed by atoms with Gasteiger partial charge in [0.2, 0.25) is 5.89 Å². The summed E-state index contributed by atoms with van der Waals surface area (Å²) in [7, 11) is 0. The maximum absolute atomic E-state index is 11.9. The number of benzene rings is 2. The van der Waals surface area contributed by atoms with Gasteiger partial charge in [0.05, 0.1) is 5.25 Å². The number of hydrogen-bond acceptors (Lipinski definition) is 5. The van der Waals surface area contributed by atoms with Crippen LogP contribution in [0, 0.1) is 0 Å². The Labute approximate surface area is 132 Å². The first-order valence-corrected chi connectivity index (χ1v) is 7.73. The molecule has 0 bridgehead atoms. The van der Waals surface area contributed by atoms with Crippen LogP contribution in [0.25, 0.3) is 11.5 Å². The number of rotatable bonds is 5. The minimum atomic E-state index is -0.342. The van der Waals surface area contributed by atoms with Crippen molar-refractivity contribution in [1.29, 1.82) is 0 Å². The fourth-order valence-electron chi connectivity index (χ4n) is 2.07. The molecule has 3 rings (SSSR count). The number of ketones is 1. The number of carbonyl (C=O) groups is 1. The summed E-state index contributed by atoms with van der Waals surface area (Å²) in [5.41, 5.74) is 1.79. The van der Waals surface area contributed by atoms with Gasteiger partial charge in [0.15, 0.2) is 0 Å². The molecule has 4 nitrogen and oxygen atoms in total. The van der Waals surface area contributed by atoms with E-state index >= 15 is 0 Å². The number of Topliss-reactive ketones (excluding diaryl/α,β-unsaturated/α-hetero) is 1. The molecule has 0 amide bonds. The van der Waals surface area contributed by atoms with Gasteiger partial charge in [0.25, 0.3) is 5.22 Å². The van der Waals surface area contributed by atoms with E-state index in [2.05, 4.69) is 10.2 Å². The first-order valence-electron chi connectivity index (χ1n) is 6.85. The van der Waals surface area contributed by atoms with Crippen LogP contribution in [0.3, 0.4) is 0 Å². The van der Waals surface area contributed by atoms with Gasteiger partial charge in [0.1, 0.15) is 5.78 Å². The van der Waals surface area contributed by atoms with Crippen LogP contribution in [0.15, 0.2) is 70.3 Å². The molecule has 22 heavy (non-hydrogen) atoms. The van der Waals surface area contributed by atoms with Gasteiger partial charge in [-0.1, -0.05) is 48.5 Å². The molecule has 3 aromatic rings. The number of thioether (sulfide) groups is 1. The van der Waals surface area contributed by atoms with Gasteiger partial charge in [-0.3, -0.25) is 4.79 Å². The van der Waals surface area contributed by atoms with Crippen LogP contribution in [-0.4, -0.2) is 16.0 Å². The van der Waals surface area contributed by atoms with Gasteiger partial charge < -0.3 is 4.42 Å². The number of aromatic nitrogens is 2. The van der Waals surface area contributed by atoms with E-state index in [0.717, 1.165) is 11.1 Å². The monoisotopic (exact) mass is 310 g/mol. The molecule has 0 spiro atoms. The highest BCUT2D eigenvalue weighted by molar-refractivity contribution is 8.00. The van der Waals surface area contributed by atoms with Crippen molar-refractivity contribution in [2.75, 3.05) is 0 Å². The van der Waals surface area contributed by atoms with Crippen LogP contribution in [0.1, 0.15) is 17.7 Å². The maximum Gasteiger partial charge on any atom is 0.277 e. The molecule has 0 radical (unpaired) electrons. The Balaban J connectivity index is 1.83.